The summed E-state index contributed by atoms with van der Waals surface area (Å²) < 4.78 is 32.2. The normalized spacial score (nSPS) is 14.7. The Balaban J connectivity index is 1.43. The molecule has 1 aliphatic rings. The zero-order valence-corrected chi connectivity index (χ0v) is 19.5. The average molecular weight is 490 g/mol. The summed E-state index contributed by atoms with van der Waals surface area (Å²) in [7, 11) is -3.52. The second-order valence-corrected chi connectivity index (χ2v) is 9.91. The fraction of sp³-hybridized carbons (Fsp3) is 0.391. The van der Waals surface area contributed by atoms with Gasteiger partial charge in [0.1, 0.15) is 0 Å². The van der Waals surface area contributed by atoms with Crippen LogP contribution in [0.1, 0.15) is 37.7 Å². The van der Waals surface area contributed by atoms with Gasteiger partial charge in [-0.05, 0) is 49.1 Å². The summed E-state index contributed by atoms with van der Waals surface area (Å²) in [6, 6.07) is 11.7. The van der Waals surface area contributed by atoms with Gasteiger partial charge >= 0.3 is 5.97 Å². The molecule has 3 rings (SSSR count). The van der Waals surface area contributed by atoms with Crippen LogP contribution < -0.4 is 5.32 Å². The predicted octanol–water partition coefficient (Wildman–Crippen LogP) is 3.27. The number of nitrogens with zero attached hydrogens (tertiary/aromatic N) is 2. The van der Waals surface area contributed by atoms with Crippen LogP contribution in [0.25, 0.3) is 0 Å². The largest absolute Gasteiger partial charge is 0.456 e. The summed E-state index contributed by atoms with van der Waals surface area (Å²) in [6.07, 6.45) is 4.19. The zero-order valence-electron chi connectivity index (χ0n) is 18.6. The lowest BCUT2D eigenvalue weighted by molar-refractivity contribution is -0.384. The molecule has 0 atom stereocenters. The highest BCUT2D eigenvalue weighted by molar-refractivity contribution is 7.89. The summed E-state index contributed by atoms with van der Waals surface area (Å²) in [5, 5.41) is 13.1. The van der Waals surface area contributed by atoms with Gasteiger partial charge in [0.25, 0.3) is 11.6 Å². The van der Waals surface area contributed by atoms with Crippen molar-refractivity contribution in [3.05, 3.63) is 64.2 Å². The van der Waals surface area contributed by atoms with Crippen molar-refractivity contribution in [3.8, 4) is 0 Å². The van der Waals surface area contributed by atoms with E-state index in [2.05, 4.69) is 5.32 Å². The van der Waals surface area contributed by atoms with Crippen LogP contribution in [0.2, 0.25) is 0 Å². The second kappa shape index (κ2) is 11.7. The molecule has 0 radical (unpaired) electrons. The van der Waals surface area contributed by atoms with Gasteiger partial charge in [-0.3, -0.25) is 19.7 Å². The fourth-order valence-corrected chi connectivity index (χ4v) is 5.10. The van der Waals surface area contributed by atoms with Gasteiger partial charge in [0.2, 0.25) is 10.0 Å². The molecular weight excluding hydrogens is 462 g/mol. The van der Waals surface area contributed by atoms with Crippen molar-refractivity contribution in [2.45, 2.75) is 43.4 Å². The van der Waals surface area contributed by atoms with Gasteiger partial charge in [0.15, 0.2) is 6.61 Å². The number of sulfonamides is 1. The van der Waals surface area contributed by atoms with E-state index in [0.717, 1.165) is 31.2 Å². The molecule has 10 nitrogen and oxygen atoms in total. The number of hydrogen-bond donors (Lipinski definition) is 1. The Morgan fingerprint density at radius 2 is 1.59 bits per heavy atom. The van der Waals surface area contributed by atoms with Crippen molar-refractivity contribution < 1.29 is 27.7 Å². The molecule has 0 saturated carbocycles. The fourth-order valence-electron chi connectivity index (χ4n) is 3.59. The molecule has 1 heterocycles. The number of amides is 1. The van der Waals surface area contributed by atoms with Crippen LogP contribution in [0, 0.1) is 10.1 Å². The van der Waals surface area contributed by atoms with Crippen molar-refractivity contribution in [3.63, 3.8) is 0 Å². The first-order valence-electron chi connectivity index (χ1n) is 11.0. The Kier molecular flexibility index (Phi) is 8.72. The van der Waals surface area contributed by atoms with E-state index in [0.29, 0.717) is 25.2 Å². The van der Waals surface area contributed by atoms with Crippen LogP contribution in [0.4, 0.5) is 11.4 Å². The number of rotatable bonds is 9. The summed E-state index contributed by atoms with van der Waals surface area (Å²) in [6.45, 7) is 0.588. The molecule has 1 N–H and O–H groups in total. The lowest BCUT2D eigenvalue weighted by atomic mass is 10.1. The Bertz CT molecular complexity index is 1110. The quantitative estimate of drug-likeness (QED) is 0.324. The SMILES string of the molecule is O=C(COC(=O)CCc1ccc(S(=O)(=O)N2CCCCCC2)cc1)Nc1ccc([N+](=O)[O-])cc1. The highest BCUT2D eigenvalue weighted by atomic mass is 32.2. The minimum Gasteiger partial charge on any atom is -0.456 e. The van der Waals surface area contributed by atoms with E-state index in [1.54, 1.807) is 24.3 Å². The van der Waals surface area contributed by atoms with E-state index in [1.165, 1.54) is 28.6 Å². The zero-order chi connectivity index (χ0) is 24.6. The molecular formula is C23H27N3O7S. The third kappa shape index (κ3) is 7.09. The van der Waals surface area contributed by atoms with Crippen LogP contribution in [0.5, 0.6) is 0 Å². The maximum absolute atomic E-state index is 12.8. The van der Waals surface area contributed by atoms with E-state index in [-0.39, 0.29) is 17.0 Å². The van der Waals surface area contributed by atoms with Gasteiger partial charge in [-0.2, -0.15) is 4.31 Å². The van der Waals surface area contributed by atoms with Gasteiger partial charge in [0.05, 0.1) is 9.82 Å². The molecule has 2 aromatic carbocycles. The minimum atomic E-state index is -3.52. The number of benzene rings is 2. The Labute approximate surface area is 198 Å². The Morgan fingerprint density at radius 1 is 0.971 bits per heavy atom. The number of carbonyl (C=O) groups excluding carboxylic acids is 2. The Morgan fingerprint density at radius 3 is 2.18 bits per heavy atom. The summed E-state index contributed by atoms with van der Waals surface area (Å²) in [5.41, 5.74) is 1.03. The highest BCUT2D eigenvalue weighted by Crippen LogP contribution is 2.21. The highest BCUT2D eigenvalue weighted by Gasteiger charge is 2.24. The van der Waals surface area contributed by atoms with Gasteiger partial charge in [-0.25, -0.2) is 8.42 Å². The van der Waals surface area contributed by atoms with Crippen molar-refractivity contribution >= 4 is 33.3 Å². The van der Waals surface area contributed by atoms with Crippen LogP contribution in [-0.4, -0.2) is 49.2 Å². The number of nitrogens with one attached hydrogen (secondary N) is 1. The van der Waals surface area contributed by atoms with E-state index in [1.807, 2.05) is 0 Å². The number of carbonyl (C=O) groups is 2. The number of nitro groups is 1. The molecule has 0 spiro atoms. The van der Waals surface area contributed by atoms with Gasteiger partial charge in [-0.1, -0.05) is 25.0 Å². The number of anilines is 1. The van der Waals surface area contributed by atoms with Crippen molar-refractivity contribution in [2.75, 3.05) is 25.0 Å². The lowest BCUT2D eigenvalue weighted by Crippen LogP contribution is -2.31. The number of aryl methyl sites for hydroxylation is 1. The van der Waals surface area contributed by atoms with E-state index in [4.69, 9.17) is 4.74 Å². The summed E-state index contributed by atoms with van der Waals surface area (Å²) in [4.78, 5) is 34.2. The topological polar surface area (TPSA) is 136 Å². The van der Waals surface area contributed by atoms with Crippen LogP contribution in [0.3, 0.4) is 0 Å². The van der Waals surface area contributed by atoms with Crippen molar-refractivity contribution in [2.24, 2.45) is 0 Å². The summed E-state index contributed by atoms with van der Waals surface area (Å²) >= 11 is 0. The van der Waals surface area contributed by atoms with Gasteiger partial charge in [0, 0.05) is 37.3 Å². The molecule has 0 bridgehead atoms. The van der Waals surface area contributed by atoms with E-state index in [9.17, 15) is 28.1 Å². The predicted molar refractivity (Wildman–Crippen MR) is 125 cm³/mol. The van der Waals surface area contributed by atoms with Crippen molar-refractivity contribution in [1.82, 2.24) is 4.31 Å². The monoisotopic (exact) mass is 489 g/mol. The molecule has 11 heteroatoms. The molecule has 34 heavy (non-hydrogen) atoms. The number of non-ortho nitro benzene ring substituents is 1. The first kappa shape index (κ1) is 25.3. The number of hydrogen-bond acceptors (Lipinski definition) is 7. The van der Waals surface area contributed by atoms with Crippen molar-refractivity contribution in [1.29, 1.82) is 0 Å². The minimum absolute atomic E-state index is 0.0308. The van der Waals surface area contributed by atoms with E-state index < -0.39 is 33.4 Å². The number of esters is 1. The molecule has 1 aliphatic heterocycles. The van der Waals surface area contributed by atoms with Crippen LogP contribution in [-0.2, 0) is 30.8 Å². The molecule has 2 aromatic rings. The molecule has 1 saturated heterocycles. The molecule has 1 fully saturated rings. The molecule has 0 aliphatic carbocycles. The third-order valence-electron chi connectivity index (χ3n) is 5.47. The van der Waals surface area contributed by atoms with Gasteiger partial charge < -0.3 is 10.1 Å². The third-order valence-corrected chi connectivity index (χ3v) is 7.38. The standard InChI is InChI=1S/C23H27N3O7S/c27-22(24-19-8-10-20(11-9-19)26(29)30)17-33-23(28)14-7-18-5-12-21(13-6-18)34(31,32)25-15-3-1-2-4-16-25/h5-6,8-13H,1-4,7,14-17H2,(H,24,27). The Hall–Kier alpha value is -3.31. The lowest BCUT2D eigenvalue weighted by Gasteiger charge is -2.20. The molecule has 1 amide bonds. The number of nitro benzene ring substituents is 1. The number of ether oxygens (including phenoxy) is 1. The van der Waals surface area contributed by atoms with Crippen LogP contribution >= 0.6 is 0 Å². The summed E-state index contributed by atoms with van der Waals surface area (Å²) in [5.74, 6) is -1.13. The first-order valence-corrected chi connectivity index (χ1v) is 12.5. The second-order valence-electron chi connectivity index (χ2n) is 7.98. The average Bonchev–Trinajstić information content (AvgIpc) is 3.12. The molecule has 0 aromatic heterocycles. The van der Waals surface area contributed by atoms with E-state index >= 15 is 0 Å². The maximum Gasteiger partial charge on any atom is 0.306 e. The maximum atomic E-state index is 12.8. The first-order chi connectivity index (χ1) is 16.3. The molecule has 182 valence electrons. The molecule has 0 unspecified atom stereocenters. The van der Waals surface area contributed by atoms with Crippen LogP contribution in [0.15, 0.2) is 53.4 Å². The van der Waals surface area contributed by atoms with Gasteiger partial charge in [-0.15, -0.1) is 0 Å². The smallest absolute Gasteiger partial charge is 0.306 e.